The SMILES string of the molecule is CCCNC(=O)C(C)Sc1ccc2ccccc2c1. The second-order valence-corrected chi connectivity index (χ2v) is 5.97. The van der Waals surface area contributed by atoms with Gasteiger partial charge in [0.15, 0.2) is 0 Å². The Labute approximate surface area is 118 Å². The van der Waals surface area contributed by atoms with Crippen molar-refractivity contribution in [3.05, 3.63) is 42.5 Å². The maximum absolute atomic E-state index is 11.8. The summed E-state index contributed by atoms with van der Waals surface area (Å²) in [6, 6.07) is 14.6. The van der Waals surface area contributed by atoms with E-state index >= 15 is 0 Å². The molecule has 2 nitrogen and oxygen atoms in total. The normalized spacial score (nSPS) is 12.3. The third-order valence-electron chi connectivity index (χ3n) is 2.95. The van der Waals surface area contributed by atoms with Crippen molar-refractivity contribution in [3.8, 4) is 0 Å². The Balaban J connectivity index is 2.06. The standard InChI is InChI=1S/C16H19NOS/c1-3-10-17-16(18)12(2)19-15-9-8-13-6-4-5-7-14(13)11-15/h4-9,11-12H,3,10H2,1-2H3,(H,17,18). The molecule has 1 atom stereocenters. The van der Waals surface area contributed by atoms with Gasteiger partial charge in [-0.25, -0.2) is 0 Å². The van der Waals surface area contributed by atoms with Crippen LogP contribution < -0.4 is 5.32 Å². The Kier molecular flexibility index (Phi) is 4.86. The minimum Gasteiger partial charge on any atom is -0.355 e. The van der Waals surface area contributed by atoms with Gasteiger partial charge in [0.05, 0.1) is 5.25 Å². The summed E-state index contributed by atoms with van der Waals surface area (Å²) in [6.45, 7) is 4.76. The van der Waals surface area contributed by atoms with E-state index in [4.69, 9.17) is 0 Å². The van der Waals surface area contributed by atoms with Crippen LogP contribution in [0.5, 0.6) is 0 Å². The third-order valence-corrected chi connectivity index (χ3v) is 4.05. The van der Waals surface area contributed by atoms with E-state index in [1.165, 1.54) is 10.8 Å². The summed E-state index contributed by atoms with van der Waals surface area (Å²) in [7, 11) is 0. The maximum Gasteiger partial charge on any atom is 0.233 e. The molecule has 0 spiro atoms. The van der Waals surface area contributed by atoms with Gasteiger partial charge in [0.25, 0.3) is 0 Å². The van der Waals surface area contributed by atoms with Gasteiger partial charge in [-0.1, -0.05) is 37.3 Å². The van der Waals surface area contributed by atoms with Crippen molar-refractivity contribution >= 4 is 28.4 Å². The highest BCUT2D eigenvalue weighted by atomic mass is 32.2. The van der Waals surface area contributed by atoms with E-state index in [0.717, 1.165) is 17.9 Å². The van der Waals surface area contributed by atoms with Crippen LogP contribution in [-0.4, -0.2) is 17.7 Å². The predicted octanol–water partition coefficient (Wildman–Crippen LogP) is 3.85. The molecule has 19 heavy (non-hydrogen) atoms. The van der Waals surface area contributed by atoms with Gasteiger partial charge in [0.2, 0.25) is 5.91 Å². The van der Waals surface area contributed by atoms with Crippen molar-refractivity contribution < 1.29 is 4.79 Å². The molecule has 1 amide bonds. The summed E-state index contributed by atoms with van der Waals surface area (Å²) in [5.41, 5.74) is 0. The minimum atomic E-state index is -0.0623. The third kappa shape index (κ3) is 3.74. The van der Waals surface area contributed by atoms with Crippen molar-refractivity contribution in [1.82, 2.24) is 5.32 Å². The topological polar surface area (TPSA) is 29.1 Å². The molecule has 0 fully saturated rings. The molecule has 0 saturated carbocycles. The summed E-state index contributed by atoms with van der Waals surface area (Å²) in [5.74, 6) is 0.111. The fourth-order valence-corrected chi connectivity index (χ4v) is 2.83. The zero-order valence-electron chi connectivity index (χ0n) is 11.3. The minimum absolute atomic E-state index is 0.0623. The molecule has 3 heteroatoms. The molecule has 1 unspecified atom stereocenters. The number of benzene rings is 2. The van der Waals surface area contributed by atoms with Crippen LogP contribution in [0.3, 0.4) is 0 Å². The number of thioether (sulfide) groups is 1. The summed E-state index contributed by atoms with van der Waals surface area (Å²) in [6.07, 6.45) is 0.971. The number of amides is 1. The van der Waals surface area contributed by atoms with E-state index in [9.17, 15) is 4.79 Å². The predicted molar refractivity (Wildman–Crippen MR) is 82.6 cm³/mol. The highest BCUT2D eigenvalue weighted by molar-refractivity contribution is 8.00. The van der Waals surface area contributed by atoms with Gasteiger partial charge in [-0.05, 0) is 36.2 Å². The average molecular weight is 273 g/mol. The largest absolute Gasteiger partial charge is 0.355 e. The van der Waals surface area contributed by atoms with Crippen LogP contribution in [0.4, 0.5) is 0 Å². The van der Waals surface area contributed by atoms with Crippen LogP contribution in [0.1, 0.15) is 20.3 Å². The summed E-state index contributed by atoms with van der Waals surface area (Å²) < 4.78 is 0. The quantitative estimate of drug-likeness (QED) is 0.838. The van der Waals surface area contributed by atoms with Crippen LogP contribution in [0.2, 0.25) is 0 Å². The number of fused-ring (bicyclic) bond motifs is 1. The lowest BCUT2D eigenvalue weighted by Gasteiger charge is -2.11. The number of nitrogens with one attached hydrogen (secondary N) is 1. The highest BCUT2D eigenvalue weighted by Crippen LogP contribution is 2.26. The molecule has 0 heterocycles. The van der Waals surface area contributed by atoms with E-state index in [0.29, 0.717) is 0 Å². The Morgan fingerprint density at radius 2 is 1.95 bits per heavy atom. The van der Waals surface area contributed by atoms with Gasteiger partial charge in [-0.3, -0.25) is 4.79 Å². The fourth-order valence-electron chi connectivity index (χ4n) is 1.89. The van der Waals surface area contributed by atoms with Crippen LogP contribution in [0.15, 0.2) is 47.4 Å². The second kappa shape index (κ2) is 6.62. The molecular weight excluding hydrogens is 254 g/mol. The number of carbonyl (C=O) groups excluding carboxylic acids is 1. The number of carbonyl (C=O) groups is 1. The Bertz CT molecular complexity index is 567. The van der Waals surface area contributed by atoms with Crippen molar-refractivity contribution in [2.45, 2.75) is 30.4 Å². The lowest BCUT2D eigenvalue weighted by atomic mass is 10.1. The van der Waals surface area contributed by atoms with Gasteiger partial charge in [0.1, 0.15) is 0 Å². The molecule has 0 aromatic heterocycles. The molecule has 0 saturated heterocycles. The van der Waals surface area contributed by atoms with Crippen LogP contribution >= 0.6 is 11.8 Å². The van der Waals surface area contributed by atoms with Gasteiger partial charge < -0.3 is 5.32 Å². The van der Waals surface area contributed by atoms with Crippen LogP contribution in [0.25, 0.3) is 10.8 Å². The molecular formula is C16H19NOS. The van der Waals surface area contributed by atoms with E-state index in [-0.39, 0.29) is 11.2 Å². The first-order valence-corrected chi connectivity index (χ1v) is 7.52. The zero-order valence-corrected chi connectivity index (χ0v) is 12.2. The first kappa shape index (κ1) is 13.9. The number of hydrogen-bond acceptors (Lipinski definition) is 2. The van der Waals surface area contributed by atoms with E-state index in [2.05, 4.69) is 42.6 Å². The molecule has 0 aliphatic heterocycles. The van der Waals surface area contributed by atoms with Crippen LogP contribution in [0, 0.1) is 0 Å². The molecule has 2 rings (SSSR count). The van der Waals surface area contributed by atoms with Gasteiger partial charge >= 0.3 is 0 Å². The number of rotatable bonds is 5. The van der Waals surface area contributed by atoms with Crippen molar-refractivity contribution in [2.75, 3.05) is 6.54 Å². The van der Waals surface area contributed by atoms with E-state index in [1.54, 1.807) is 11.8 Å². The average Bonchev–Trinajstić information content (AvgIpc) is 2.44. The van der Waals surface area contributed by atoms with E-state index < -0.39 is 0 Å². The Morgan fingerprint density at radius 3 is 2.68 bits per heavy atom. The summed E-state index contributed by atoms with van der Waals surface area (Å²) >= 11 is 1.60. The Morgan fingerprint density at radius 1 is 1.21 bits per heavy atom. The molecule has 0 radical (unpaired) electrons. The van der Waals surface area contributed by atoms with Crippen molar-refractivity contribution in [2.24, 2.45) is 0 Å². The van der Waals surface area contributed by atoms with Crippen molar-refractivity contribution in [1.29, 1.82) is 0 Å². The van der Waals surface area contributed by atoms with Crippen molar-refractivity contribution in [3.63, 3.8) is 0 Å². The molecule has 0 aliphatic carbocycles. The Hall–Kier alpha value is -1.48. The molecule has 2 aromatic carbocycles. The first-order valence-electron chi connectivity index (χ1n) is 6.64. The fraction of sp³-hybridized carbons (Fsp3) is 0.312. The zero-order chi connectivity index (χ0) is 13.7. The summed E-state index contributed by atoms with van der Waals surface area (Å²) in [4.78, 5) is 13.0. The lowest BCUT2D eigenvalue weighted by Crippen LogP contribution is -2.31. The first-order chi connectivity index (χ1) is 9.20. The molecule has 2 aromatic rings. The monoisotopic (exact) mass is 273 g/mol. The van der Waals surface area contributed by atoms with Gasteiger partial charge in [-0.2, -0.15) is 0 Å². The van der Waals surface area contributed by atoms with Gasteiger partial charge in [-0.15, -0.1) is 11.8 Å². The summed E-state index contributed by atoms with van der Waals surface area (Å²) in [5, 5.41) is 5.32. The highest BCUT2D eigenvalue weighted by Gasteiger charge is 2.13. The molecule has 0 aliphatic rings. The van der Waals surface area contributed by atoms with E-state index in [1.807, 2.05) is 19.1 Å². The lowest BCUT2D eigenvalue weighted by molar-refractivity contribution is -0.120. The molecule has 100 valence electrons. The maximum atomic E-state index is 11.8. The molecule has 0 bridgehead atoms. The smallest absolute Gasteiger partial charge is 0.233 e. The molecule has 1 N–H and O–H groups in total. The second-order valence-electron chi connectivity index (χ2n) is 4.56. The number of hydrogen-bond donors (Lipinski definition) is 1. The van der Waals surface area contributed by atoms with Gasteiger partial charge in [0, 0.05) is 11.4 Å². The van der Waals surface area contributed by atoms with Crippen LogP contribution in [-0.2, 0) is 4.79 Å².